The molecular formula is C22H29INO3-. The Hall–Kier alpha value is -1.31. The fourth-order valence-electron chi connectivity index (χ4n) is 3.20. The average molecular weight is 482 g/mol. The number of ether oxygens (including phenoxy) is 3. The van der Waals surface area contributed by atoms with Gasteiger partial charge in [0, 0.05) is 0 Å². The van der Waals surface area contributed by atoms with Crippen LogP contribution in [0.4, 0.5) is 0 Å². The molecule has 2 unspecified atom stereocenters. The molecule has 2 aromatic carbocycles. The van der Waals surface area contributed by atoms with Gasteiger partial charge in [-0.1, -0.05) is 0 Å². The van der Waals surface area contributed by atoms with E-state index >= 15 is 0 Å². The fourth-order valence-corrected chi connectivity index (χ4v) is 4.65. The molecule has 148 valence electrons. The number of para-hydroxylation sites is 1. The van der Waals surface area contributed by atoms with Crippen molar-refractivity contribution in [2.24, 2.45) is 0 Å². The number of rotatable bonds is 8. The first-order chi connectivity index (χ1) is 13.2. The third-order valence-corrected chi connectivity index (χ3v) is 6.61. The number of alkyl halides is 1. The summed E-state index contributed by atoms with van der Waals surface area (Å²) in [5, 5.41) is 0. The molecule has 27 heavy (non-hydrogen) atoms. The van der Waals surface area contributed by atoms with E-state index in [2.05, 4.69) is 60.2 Å². The van der Waals surface area contributed by atoms with Gasteiger partial charge in [0.25, 0.3) is 0 Å². The molecule has 4 nitrogen and oxygen atoms in total. The molecular weight excluding hydrogens is 453 g/mol. The number of nitrogens with zero attached hydrogens (tertiary/aromatic N) is 1. The zero-order chi connectivity index (χ0) is 19.1. The quantitative estimate of drug-likeness (QED) is 0.412. The summed E-state index contributed by atoms with van der Waals surface area (Å²) in [7, 11) is 2.14. The Kier molecular flexibility index (Phi) is 7.79. The van der Waals surface area contributed by atoms with Gasteiger partial charge in [-0.05, 0) is 0 Å². The summed E-state index contributed by atoms with van der Waals surface area (Å²) >= 11 is -0.131. The Balaban J connectivity index is 1.94. The van der Waals surface area contributed by atoms with E-state index in [9.17, 15) is 0 Å². The fraction of sp³-hybridized carbons (Fsp3) is 0.455. The maximum absolute atomic E-state index is 6.69. The summed E-state index contributed by atoms with van der Waals surface area (Å²) in [6.07, 6.45) is 0.812. The number of hydrogen-bond donors (Lipinski definition) is 0. The Morgan fingerprint density at radius 2 is 2.00 bits per heavy atom. The van der Waals surface area contributed by atoms with Crippen molar-refractivity contribution < 1.29 is 35.4 Å². The van der Waals surface area contributed by atoms with Crippen LogP contribution in [-0.2, 0) is 4.74 Å². The Labute approximate surface area is 173 Å². The molecule has 1 fully saturated rings. The predicted molar refractivity (Wildman–Crippen MR) is 104 cm³/mol. The van der Waals surface area contributed by atoms with Crippen molar-refractivity contribution in [2.45, 2.75) is 25.6 Å². The van der Waals surface area contributed by atoms with Crippen LogP contribution in [0.15, 0.2) is 48.5 Å². The molecule has 2 aromatic rings. The molecule has 0 aliphatic carbocycles. The van der Waals surface area contributed by atoms with E-state index in [-0.39, 0.29) is 33.4 Å². The van der Waals surface area contributed by atoms with Gasteiger partial charge in [-0.15, -0.1) is 0 Å². The van der Waals surface area contributed by atoms with Crippen LogP contribution in [0.2, 0.25) is 0 Å². The van der Waals surface area contributed by atoms with Crippen LogP contribution in [0.5, 0.6) is 11.5 Å². The Morgan fingerprint density at radius 1 is 1.19 bits per heavy atom. The van der Waals surface area contributed by atoms with Gasteiger partial charge in [0.15, 0.2) is 0 Å². The number of morpholine rings is 1. The van der Waals surface area contributed by atoms with Crippen molar-refractivity contribution in [3.63, 3.8) is 0 Å². The van der Waals surface area contributed by atoms with E-state index in [4.69, 9.17) is 14.2 Å². The average Bonchev–Trinajstić information content (AvgIpc) is 2.71. The van der Waals surface area contributed by atoms with Gasteiger partial charge in [-0.25, -0.2) is 0 Å². The molecule has 0 saturated carbocycles. The first kappa shape index (κ1) is 20.4. The second kappa shape index (κ2) is 10.3. The van der Waals surface area contributed by atoms with Crippen LogP contribution >= 0.6 is 0 Å². The van der Waals surface area contributed by atoms with E-state index in [1.54, 1.807) is 0 Å². The van der Waals surface area contributed by atoms with Gasteiger partial charge in [-0.2, -0.15) is 0 Å². The molecule has 1 saturated heterocycles. The van der Waals surface area contributed by atoms with Crippen LogP contribution in [0, 0.1) is 3.57 Å². The van der Waals surface area contributed by atoms with Crippen LogP contribution in [-0.4, -0.2) is 49.3 Å². The van der Waals surface area contributed by atoms with E-state index in [1.807, 2.05) is 12.1 Å². The van der Waals surface area contributed by atoms with E-state index in [0.717, 1.165) is 43.2 Å². The maximum atomic E-state index is 6.69. The van der Waals surface area contributed by atoms with Gasteiger partial charge < -0.3 is 0 Å². The van der Waals surface area contributed by atoms with Crippen LogP contribution in [0.1, 0.15) is 25.0 Å². The molecule has 0 amide bonds. The molecule has 0 aromatic heterocycles. The SMILES string of the molecule is CCCOc1cccc([I-]C)c1OC(c1ccccc1)C1CN(C)CCO1. The topological polar surface area (TPSA) is 30.9 Å². The van der Waals surface area contributed by atoms with Crippen molar-refractivity contribution in [3.8, 4) is 11.5 Å². The molecule has 1 aliphatic heterocycles. The normalized spacial score (nSPS) is 19.0. The Morgan fingerprint density at radius 3 is 2.70 bits per heavy atom. The molecule has 0 spiro atoms. The minimum absolute atomic E-state index is 0.00622. The van der Waals surface area contributed by atoms with E-state index < -0.39 is 0 Å². The molecule has 1 aliphatic rings. The van der Waals surface area contributed by atoms with Crippen molar-refractivity contribution in [1.82, 2.24) is 4.90 Å². The zero-order valence-electron chi connectivity index (χ0n) is 16.4. The number of likely N-dealkylation sites (N-methyl/N-ethyl adjacent to an activating group) is 1. The number of hydrogen-bond acceptors (Lipinski definition) is 4. The Bertz CT molecular complexity index is 710. The molecule has 0 N–H and O–H groups in total. The molecule has 3 rings (SSSR count). The third-order valence-electron chi connectivity index (χ3n) is 4.60. The molecule has 0 radical (unpaired) electrons. The summed E-state index contributed by atoms with van der Waals surface area (Å²) in [4.78, 5) is 4.56. The summed E-state index contributed by atoms with van der Waals surface area (Å²) < 4.78 is 20.1. The summed E-state index contributed by atoms with van der Waals surface area (Å²) in [6.45, 7) is 5.36. The third kappa shape index (κ3) is 5.36. The van der Waals surface area contributed by atoms with Crippen molar-refractivity contribution in [3.05, 3.63) is 57.7 Å². The van der Waals surface area contributed by atoms with Gasteiger partial charge >= 0.3 is 173 Å². The number of benzene rings is 2. The van der Waals surface area contributed by atoms with Crippen LogP contribution in [0.3, 0.4) is 0 Å². The molecule has 2 atom stereocenters. The standard InChI is InChI=1S/C22H29INO3/c1-4-14-25-19-12-8-11-18(23-2)22(19)27-21(17-9-6-5-7-10-17)20-16-24(3)13-15-26-20/h5-12,20-21H,4,13-16H2,1-3H3/q-1. The first-order valence-corrected chi connectivity index (χ1v) is 12.7. The summed E-state index contributed by atoms with van der Waals surface area (Å²) in [5.74, 6) is 1.74. The van der Waals surface area contributed by atoms with Crippen LogP contribution in [0.25, 0.3) is 0 Å². The second-order valence-electron chi connectivity index (χ2n) is 6.73. The van der Waals surface area contributed by atoms with Gasteiger partial charge in [0.1, 0.15) is 0 Å². The predicted octanol–water partition coefficient (Wildman–Crippen LogP) is 0.815. The monoisotopic (exact) mass is 482 g/mol. The van der Waals surface area contributed by atoms with Crippen molar-refractivity contribution in [1.29, 1.82) is 0 Å². The molecule has 0 bridgehead atoms. The molecule has 1 heterocycles. The van der Waals surface area contributed by atoms with E-state index in [1.165, 1.54) is 3.57 Å². The minimum atomic E-state index is -0.158. The van der Waals surface area contributed by atoms with Gasteiger partial charge in [0.2, 0.25) is 0 Å². The summed E-state index contributed by atoms with van der Waals surface area (Å²) in [5.41, 5.74) is 1.14. The first-order valence-electron chi connectivity index (χ1n) is 9.50. The van der Waals surface area contributed by atoms with E-state index in [0.29, 0.717) is 6.61 Å². The molecule has 5 heteroatoms. The van der Waals surface area contributed by atoms with Crippen molar-refractivity contribution >= 4 is 0 Å². The number of halogens is 1. The second-order valence-corrected chi connectivity index (χ2v) is 8.97. The summed E-state index contributed by atoms with van der Waals surface area (Å²) in [6, 6.07) is 16.7. The van der Waals surface area contributed by atoms with Gasteiger partial charge in [0.05, 0.1) is 0 Å². The van der Waals surface area contributed by atoms with Gasteiger partial charge in [-0.3, -0.25) is 0 Å². The van der Waals surface area contributed by atoms with Crippen molar-refractivity contribution in [2.75, 3.05) is 38.3 Å². The zero-order valence-corrected chi connectivity index (χ0v) is 18.5. The van der Waals surface area contributed by atoms with Crippen LogP contribution < -0.4 is 30.7 Å².